The lowest BCUT2D eigenvalue weighted by molar-refractivity contribution is 0.156. The quantitative estimate of drug-likeness (QED) is 0.738. The van der Waals surface area contributed by atoms with Crippen molar-refractivity contribution in [1.82, 2.24) is 9.55 Å². The van der Waals surface area contributed by atoms with Gasteiger partial charge in [-0.2, -0.15) is 0 Å². The zero-order valence-corrected chi connectivity index (χ0v) is 12.2. The van der Waals surface area contributed by atoms with Gasteiger partial charge in [0.15, 0.2) is 0 Å². The average Bonchev–Trinajstić information content (AvgIpc) is 3.02. The second kappa shape index (κ2) is 4.43. The monoisotopic (exact) mass is 284 g/mol. The summed E-state index contributed by atoms with van der Waals surface area (Å²) < 4.78 is 3.50. The van der Waals surface area contributed by atoms with Gasteiger partial charge in [0.25, 0.3) is 0 Å². The molecule has 1 aliphatic rings. The Hall–Kier alpha value is -1.65. The van der Waals surface area contributed by atoms with Gasteiger partial charge >= 0.3 is 0 Å². The van der Waals surface area contributed by atoms with Crippen LogP contribution in [0.4, 0.5) is 0 Å². The smallest absolute Gasteiger partial charge is 0.0813 e. The first-order valence-electron chi connectivity index (χ1n) is 6.97. The van der Waals surface area contributed by atoms with Gasteiger partial charge in [-0.1, -0.05) is 0 Å². The Morgan fingerprint density at radius 3 is 3.15 bits per heavy atom. The predicted octanol–water partition coefficient (Wildman–Crippen LogP) is 3.77. The molecule has 1 unspecified atom stereocenters. The molecule has 0 saturated carbocycles. The highest BCUT2D eigenvalue weighted by atomic mass is 32.1. The van der Waals surface area contributed by atoms with Gasteiger partial charge in [-0.05, 0) is 50.5 Å². The van der Waals surface area contributed by atoms with E-state index in [4.69, 9.17) is 0 Å². The largest absolute Gasteiger partial charge is 0.388 e. The number of aromatic nitrogens is 2. The van der Waals surface area contributed by atoms with Crippen LogP contribution >= 0.6 is 11.3 Å². The third-order valence-electron chi connectivity index (χ3n) is 4.14. The predicted molar refractivity (Wildman–Crippen MR) is 81.6 cm³/mol. The Bertz CT molecular complexity index is 787. The number of hydrogen-bond donors (Lipinski definition) is 1. The summed E-state index contributed by atoms with van der Waals surface area (Å²) in [5.74, 6) is 0. The van der Waals surface area contributed by atoms with E-state index in [0.717, 1.165) is 30.3 Å². The number of rotatable bonds is 1. The van der Waals surface area contributed by atoms with E-state index >= 15 is 0 Å². The van der Waals surface area contributed by atoms with Crippen molar-refractivity contribution in [3.05, 3.63) is 46.7 Å². The van der Waals surface area contributed by atoms with E-state index in [0.29, 0.717) is 0 Å². The fourth-order valence-electron chi connectivity index (χ4n) is 3.22. The van der Waals surface area contributed by atoms with Gasteiger partial charge in [0.2, 0.25) is 0 Å². The number of thiazole rings is 1. The van der Waals surface area contributed by atoms with E-state index in [1.165, 1.54) is 21.8 Å². The van der Waals surface area contributed by atoms with E-state index < -0.39 is 0 Å². The number of aliphatic hydroxyl groups excluding tert-OH is 1. The van der Waals surface area contributed by atoms with Gasteiger partial charge in [-0.25, -0.2) is 4.98 Å². The number of nitrogens with zero attached hydrogens (tertiary/aromatic N) is 2. The van der Waals surface area contributed by atoms with Crippen molar-refractivity contribution in [2.75, 3.05) is 0 Å². The molecule has 0 aliphatic heterocycles. The van der Waals surface area contributed by atoms with Crippen LogP contribution in [-0.4, -0.2) is 14.7 Å². The third kappa shape index (κ3) is 1.72. The summed E-state index contributed by atoms with van der Waals surface area (Å²) in [6.07, 6.45) is 2.68. The van der Waals surface area contributed by atoms with E-state index in [1.807, 2.05) is 5.51 Å². The molecule has 3 aromatic rings. The normalized spacial score (nSPS) is 18.4. The number of hydrogen-bond acceptors (Lipinski definition) is 3. The SMILES string of the molecule is Cc1cc2c(n1-c1ccc3ncsc3c1)CCCC2O. The number of aliphatic hydroxyl groups is 1. The van der Waals surface area contributed by atoms with Crippen LogP contribution in [0.3, 0.4) is 0 Å². The number of benzene rings is 1. The highest BCUT2D eigenvalue weighted by molar-refractivity contribution is 7.16. The maximum atomic E-state index is 10.2. The Morgan fingerprint density at radius 1 is 1.35 bits per heavy atom. The summed E-state index contributed by atoms with van der Waals surface area (Å²) in [5.41, 5.74) is 7.69. The van der Waals surface area contributed by atoms with Crippen LogP contribution in [-0.2, 0) is 6.42 Å². The molecule has 2 heterocycles. The summed E-state index contributed by atoms with van der Waals surface area (Å²) in [5, 5.41) is 10.2. The summed E-state index contributed by atoms with van der Waals surface area (Å²) in [7, 11) is 0. The molecule has 0 spiro atoms. The molecule has 0 radical (unpaired) electrons. The van der Waals surface area contributed by atoms with Crippen LogP contribution in [0.2, 0.25) is 0 Å². The van der Waals surface area contributed by atoms with Crippen LogP contribution < -0.4 is 0 Å². The molecule has 20 heavy (non-hydrogen) atoms. The molecule has 1 atom stereocenters. The molecule has 4 rings (SSSR count). The Labute approximate surface area is 121 Å². The minimum absolute atomic E-state index is 0.300. The van der Waals surface area contributed by atoms with Gasteiger partial charge < -0.3 is 9.67 Å². The lowest BCUT2D eigenvalue weighted by Crippen LogP contribution is -2.11. The highest BCUT2D eigenvalue weighted by Crippen LogP contribution is 2.34. The first kappa shape index (κ1) is 12.1. The maximum absolute atomic E-state index is 10.2. The fraction of sp³-hybridized carbons (Fsp3) is 0.312. The fourth-order valence-corrected chi connectivity index (χ4v) is 3.93. The zero-order valence-electron chi connectivity index (χ0n) is 11.3. The first-order valence-corrected chi connectivity index (χ1v) is 7.85. The molecule has 102 valence electrons. The van der Waals surface area contributed by atoms with Crippen molar-refractivity contribution in [2.45, 2.75) is 32.3 Å². The molecule has 4 heteroatoms. The third-order valence-corrected chi connectivity index (χ3v) is 4.94. The molecule has 1 aromatic carbocycles. The van der Waals surface area contributed by atoms with Crippen LogP contribution in [0.15, 0.2) is 29.8 Å². The van der Waals surface area contributed by atoms with Crippen LogP contribution in [0.25, 0.3) is 15.9 Å². The minimum Gasteiger partial charge on any atom is -0.388 e. The van der Waals surface area contributed by atoms with E-state index in [9.17, 15) is 5.11 Å². The summed E-state index contributed by atoms with van der Waals surface area (Å²) in [4.78, 5) is 4.33. The van der Waals surface area contributed by atoms with Crippen molar-refractivity contribution in [1.29, 1.82) is 0 Å². The molecule has 0 amide bonds. The second-order valence-electron chi connectivity index (χ2n) is 5.44. The molecule has 1 N–H and O–H groups in total. The van der Waals surface area contributed by atoms with Gasteiger partial charge in [-0.15, -0.1) is 11.3 Å². The number of fused-ring (bicyclic) bond motifs is 2. The average molecular weight is 284 g/mol. The van der Waals surface area contributed by atoms with Crippen LogP contribution in [0, 0.1) is 6.92 Å². The van der Waals surface area contributed by atoms with Gasteiger partial charge in [-0.3, -0.25) is 0 Å². The van der Waals surface area contributed by atoms with E-state index in [-0.39, 0.29) is 6.10 Å². The van der Waals surface area contributed by atoms with Gasteiger partial charge in [0.05, 0.1) is 21.8 Å². The summed E-state index contributed by atoms with van der Waals surface area (Å²) >= 11 is 1.67. The topological polar surface area (TPSA) is 38.0 Å². The van der Waals surface area contributed by atoms with Crippen molar-refractivity contribution in [2.24, 2.45) is 0 Å². The minimum atomic E-state index is -0.300. The lowest BCUT2D eigenvalue weighted by Gasteiger charge is -2.20. The summed E-state index contributed by atoms with van der Waals surface area (Å²) in [6, 6.07) is 8.53. The summed E-state index contributed by atoms with van der Waals surface area (Å²) in [6.45, 7) is 2.11. The molecule has 0 saturated heterocycles. The van der Waals surface area contributed by atoms with E-state index in [1.54, 1.807) is 11.3 Å². The van der Waals surface area contributed by atoms with Crippen molar-refractivity contribution in [3.63, 3.8) is 0 Å². The van der Waals surface area contributed by atoms with Crippen molar-refractivity contribution in [3.8, 4) is 5.69 Å². The Kier molecular flexibility index (Phi) is 2.69. The molecule has 2 aromatic heterocycles. The first-order chi connectivity index (χ1) is 9.74. The molecular formula is C16H16N2OS. The zero-order chi connectivity index (χ0) is 13.7. The standard InChI is InChI=1S/C16H16N2OS/c1-10-7-12-14(3-2-4-15(12)19)18(10)11-5-6-13-16(8-11)20-9-17-13/h5-9,15,19H,2-4H2,1H3. The number of aryl methyl sites for hydroxylation is 1. The van der Waals surface area contributed by atoms with Crippen LogP contribution in [0.5, 0.6) is 0 Å². The molecule has 3 nitrogen and oxygen atoms in total. The van der Waals surface area contributed by atoms with Crippen LogP contribution in [0.1, 0.15) is 35.9 Å². The van der Waals surface area contributed by atoms with E-state index in [2.05, 4.69) is 40.7 Å². The van der Waals surface area contributed by atoms with Gasteiger partial charge in [0.1, 0.15) is 0 Å². The molecule has 0 bridgehead atoms. The molecular weight excluding hydrogens is 268 g/mol. The maximum Gasteiger partial charge on any atom is 0.0813 e. The Morgan fingerprint density at radius 2 is 2.25 bits per heavy atom. The molecule has 1 aliphatic carbocycles. The Balaban J connectivity index is 1.93. The van der Waals surface area contributed by atoms with Crippen molar-refractivity contribution < 1.29 is 5.11 Å². The van der Waals surface area contributed by atoms with Gasteiger partial charge in [0, 0.05) is 22.6 Å². The second-order valence-corrected chi connectivity index (χ2v) is 6.32. The highest BCUT2D eigenvalue weighted by Gasteiger charge is 2.23. The lowest BCUT2D eigenvalue weighted by atomic mass is 9.95. The molecule has 0 fully saturated rings. The van der Waals surface area contributed by atoms with Crippen molar-refractivity contribution >= 4 is 21.6 Å².